The number of piperidine rings is 1. The lowest BCUT2D eigenvalue weighted by Gasteiger charge is -2.31. The highest BCUT2D eigenvalue weighted by Crippen LogP contribution is 2.34. The molecule has 30 heavy (non-hydrogen) atoms. The zero-order valence-electron chi connectivity index (χ0n) is 16.8. The molecule has 0 saturated carbocycles. The van der Waals surface area contributed by atoms with Crippen LogP contribution >= 0.6 is 11.6 Å². The van der Waals surface area contributed by atoms with Crippen LogP contribution in [0, 0.1) is 0 Å². The summed E-state index contributed by atoms with van der Waals surface area (Å²) in [6.45, 7) is 6.47. The van der Waals surface area contributed by atoms with Crippen molar-refractivity contribution >= 4 is 17.5 Å². The zero-order valence-corrected chi connectivity index (χ0v) is 17.6. The van der Waals surface area contributed by atoms with E-state index in [1.807, 2.05) is 13.8 Å². The Morgan fingerprint density at radius 3 is 2.60 bits per heavy atom. The van der Waals surface area contributed by atoms with Crippen LogP contribution in [0.4, 0.5) is 13.2 Å². The molecule has 2 aromatic rings. The molecule has 0 spiro atoms. The molecule has 0 radical (unpaired) electrons. The fourth-order valence-corrected chi connectivity index (χ4v) is 3.61. The number of carbonyl (C=O) groups is 1. The fourth-order valence-electron chi connectivity index (χ4n) is 3.43. The van der Waals surface area contributed by atoms with Crippen LogP contribution in [0.5, 0.6) is 0 Å². The Kier molecular flexibility index (Phi) is 6.88. The van der Waals surface area contributed by atoms with E-state index >= 15 is 0 Å². The van der Waals surface area contributed by atoms with Gasteiger partial charge in [-0.1, -0.05) is 29.3 Å². The molecular formula is C21H24ClF3N4O. The van der Waals surface area contributed by atoms with E-state index in [4.69, 9.17) is 11.6 Å². The molecule has 162 valence electrons. The van der Waals surface area contributed by atoms with Gasteiger partial charge < -0.3 is 5.32 Å². The molecule has 2 heterocycles. The first-order chi connectivity index (χ1) is 14.1. The Morgan fingerprint density at radius 1 is 1.30 bits per heavy atom. The van der Waals surface area contributed by atoms with Crippen LogP contribution < -0.4 is 5.32 Å². The Balaban J connectivity index is 1.75. The molecule has 3 rings (SSSR count). The van der Waals surface area contributed by atoms with Crippen molar-refractivity contribution in [1.29, 1.82) is 0 Å². The molecule has 1 amide bonds. The summed E-state index contributed by atoms with van der Waals surface area (Å²) in [5, 5.41) is 6.85. The van der Waals surface area contributed by atoms with Gasteiger partial charge in [-0.05, 0) is 44.9 Å². The summed E-state index contributed by atoms with van der Waals surface area (Å²) >= 11 is 5.90. The second-order valence-electron chi connectivity index (χ2n) is 7.63. The Morgan fingerprint density at radius 2 is 2.00 bits per heavy atom. The molecule has 5 nitrogen and oxygen atoms in total. The number of allylic oxidation sites excluding steroid dienone is 1. The van der Waals surface area contributed by atoms with Crippen molar-refractivity contribution in [3.8, 4) is 5.69 Å². The van der Waals surface area contributed by atoms with Gasteiger partial charge in [0, 0.05) is 30.7 Å². The summed E-state index contributed by atoms with van der Waals surface area (Å²) in [5.74, 6) is -0.765. The number of aromatic nitrogens is 2. The van der Waals surface area contributed by atoms with Crippen LogP contribution in [0.25, 0.3) is 5.69 Å². The van der Waals surface area contributed by atoms with Gasteiger partial charge in [0.05, 0.1) is 17.4 Å². The Hall–Kier alpha value is -2.32. The number of rotatable bonds is 5. The van der Waals surface area contributed by atoms with Crippen molar-refractivity contribution in [2.45, 2.75) is 38.9 Å². The molecule has 1 aliphatic rings. The van der Waals surface area contributed by atoms with Crippen molar-refractivity contribution < 1.29 is 18.0 Å². The normalized spacial score (nSPS) is 15.8. The predicted octanol–water partition coefficient (Wildman–Crippen LogP) is 4.70. The van der Waals surface area contributed by atoms with Gasteiger partial charge in [0.1, 0.15) is 0 Å². The van der Waals surface area contributed by atoms with E-state index in [2.05, 4.69) is 21.4 Å². The number of likely N-dealkylation sites (tertiary alicyclic amines) is 1. The van der Waals surface area contributed by atoms with E-state index in [-0.39, 0.29) is 16.8 Å². The third-order valence-electron chi connectivity index (χ3n) is 5.02. The topological polar surface area (TPSA) is 50.2 Å². The molecule has 1 N–H and O–H groups in total. The lowest BCUT2D eigenvalue weighted by Crippen LogP contribution is -2.45. The van der Waals surface area contributed by atoms with Crippen molar-refractivity contribution in [2.24, 2.45) is 0 Å². The summed E-state index contributed by atoms with van der Waals surface area (Å²) in [4.78, 5) is 14.9. The number of hydrogen-bond acceptors (Lipinski definition) is 3. The van der Waals surface area contributed by atoms with Crippen LogP contribution in [0.3, 0.4) is 0 Å². The lowest BCUT2D eigenvalue weighted by atomic mass is 10.0. The van der Waals surface area contributed by atoms with E-state index in [9.17, 15) is 18.0 Å². The van der Waals surface area contributed by atoms with Crippen molar-refractivity contribution in [1.82, 2.24) is 20.0 Å². The number of nitrogens with zero attached hydrogens (tertiary/aromatic N) is 3. The van der Waals surface area contributed by atoms with E-state index in [1.54, 1.807) is 6.07 Å². The molecule has 0 unspecified atom stereocenters. The van der Waals surface area contributed by atoms with Gasteiger partial charge in [0.15, 0.2) is 5.69 Å². The molecule has 1 aromatic heterocycles. The average Bonchev–Trinajstić information content (AvgIpc) is 3.13. The minimum absolute atomic E-state index is 0.140. The minimum Gasteiger partial charge on any atom is -0.349 e. The maximum absolute atomic E-state index is 13.8. The molecule has 1 aromatic carbocycles. The van der Waals surface area contributed by atoms with Gasteiger partial charge in [-0.15, -0.1) is 0 Å². The van der Waals surface area contributed by atoms with Crippen molar-refractivity contribution in [3.63, 3.8) is 0 Å². The van der Waals surface area contributed by atoms with Crippen molar-refractivity contribution in [3.05, 3.63) is 58.4 Å². The average molecular weight is 441 g/mol. The number of halogens is 4. The maximum atomic E-state index is 13.8. The van der Waals surface area contributed by atoms with Crippen LogP contribution in [0.15, 0.2) is 42.1 Å². The van der Waals surface area contributed by atoms with Crippen LogP contribution in [0.1, 0.15) is 42.7 Å². The first-order valence-corrected chi connectivity index (χ1v) is 10.1. The quantitative estimate of drug-likeness (QED) is 0.685. The molecule has 0 bridgehead atoms. The highest BCUT2D eigenvalue weighted by Gasteiger charge is 2.41. The molecule has 0 atom stereocenters. The van der Waals surface area contributed by atoms with E-state index in [0.29, 0.717) is 17.5 Å². The largest absolute Gasteiger partial charge is 0.434 e. The van der Waals surface area contributed by atoms with Crippen LogP contribution in [0.2, 0.25) is 5.02 Å². The number of hydrogen-bond donors (Lipinski definition) is 1. The van der Waals surface area contributed by atoms with Gasteiger partial charge in [-0.25, -0.2) is 4.68 Å². The first-order valence-electron chi connectivity index (χ1n) is 9.73. The molecule has 9 heteroatoms. The highest BCUT2D eigenvalue weighted by atomic mass is 35.5. The number of alkyl halides is 3. The number of carbonyl (C=O) groups excluding carboxylic acids is 1. The summed E-state index contributed by atoms with van der Waals surface area (Å²) in [5.41, 5.74) is -0.221. The maximum Gasteiger partial charge on any atom is 0.434 e. The summed E-state index contributed by atoms with van der Waals surface area (Å²) in [6.07, 6.45) is -0.279. The van der Waals surface area contributed by atoms with Gasteiger partial charge >= 0.3 is 6.18 Å². The lowest BCUT2D eigenvalue weighted by molar-refractivity contribution is -0.143. The molecule has 1 saturated heterocycles. The van der Waals surface area contributed by atoms with Crippen molar-refractivity contribution in [2.75, 3.05) is 19.6 Å². The van der Waals surface area contributed by atoms with E-state index in [1.165, 1.54) is 23.8 Å². The second kappa shape index (κ2) is 9.22. The number of nitrogens with one attached hydrogen (secondary N) is 1. The standard InChI is InChI=1S/C21H24ClF3N4O/c1-14(2)6-9-28-10-7-16(8-11-28)27-20(30)18-13-26-29(19(18)21(23,24)25)17-5-3-4-15(22)12-17/h3-6,12-13,16H,7-11H2,1-2H3,(H,27,30). The fraction of sp³-hybridized carbons (Fsp3) is 0.429. The Labute approximate surface area is 178 Å². The van der Waals surface area contributed by atoms with Crippen LogP contribution in [-0.2, 0) is 6.18 Å². The number of amides is 1. The molecule has 1 aliphatic heterocycles. The summed E-state index contributed by atoms with van der Waals surface area (Å²) in [7, 11) is 0. The second-order valence-corrected chi connectivity index (χ2v) is 8.06. The summed E-state index contributed by atoms with van der Waals surface area (Å²) in [6, 6.07) is 5.74. The van der Waals surface area contributed by atoms with Gasteiger partial charge in [0.25, 0.3) is 5.91 Å². The third kappa shape index (κ3) is 5.43. The zero-order chi connectivity index (χ0) is 21.9. The smallest absolute Gasteiger partial charge is 0.349 e. The molecule has 0 aliphatic carbocycles. The molecule has 1 fully saturated rings. The predicted molar refractivity (Wildman–Crippen MR) is 110 cm³/mol. The van der Waals surface area contributed by atoms with Gasteiger partial charge in [0.2, 0.25) is 0 Å². The highest BCUT2D eigenvalue weighted by molar-refractivity contribution is 6.30. The van der Waals surface area contributed by atoms with Gasteiger partial charge in [-0.3, -0.25) is 9.69 Å². The Bertz CT molecular complexity index is 927. The van der Waals surface area contributed by atoms with E-state index in [0.717, 1.165) is 25.8 Å². The summed E-state index contributed by atoms with van der Waals surface area (Å²) < 4.78 is 42.1. The molecular weight excluding hydrogens is 417 g/mol. The van der Waals surface area contributed by atoms with Gasteiger partial charge in [-0.2, -0.15) is 18.3 Å². The van der Waals surface area contributed by atoms with E-state index < -0.39 is 23.3 Å². The SMILES string of the molecule is CC(C)=CCN1CCC(NC(=O)c2cnn(-c3cccc(Cl)c3)c2C(F)(F)F)CC1. The first kappa shape index (κ1) is 22.4. The van der Waals surface area contributed by atoms with Crippen LogP contribution in [-0.4, -0.2) is 46.3 Å². The minimum atomic E-state index is -4.75. The number of benzene rings is 1. The third-order valence-corrected chi connectivity index (χ3v) is 5.25. The monoisotopic (exact) mass is 440 g/mol.